The number of aliphatic hydroxyl groups is 1. The van der Waals surface area contributed by atoms with Crippen molar-refractivity contribution < 1.29 is 9.90 Å². The van der Waals surface area contributed by atoms with Crippen molar-refractivity contribution in [3.63, 3.8) is 0 Å². The molecule has 0 aromatic heterocycles. The number of hydrogen-bond acceptors (Lipinski definition) is 3. The van der Waals surface area contributed by atoms with Crippen molar-refractivity contribution in [2.24, 2.45) is 11.8 Å². The van der Waals surface area contributed by atoms with Gasteiger partial charge in [0.2, 0.25) is 5.91 Å². The van der Waals surface area contributed by atoms with E-state index in [2.05, 4.69) is 64.8 Å². The van der Waals surface area contributed by atoms with Gasteiger partial charge in [-0.15, -0.1) is 0 Å². The second kappa shape index (κ2) is 15.4. The second-order valence-corrected chi connectivity index (χ2v) is 9.84. The second-order valence-electron chi connectivity index (χ2n) is 9.84. The molecular formula is C27H48N2O2. The molecule has 0 bridgehead atoms. The maximum absolute atomic E-state index is 12.5. The molecule has 1 rings (SSSR count). The van der Waals surface area contributed by atoms with Crippen LogP contribution in [0, 0.1) is 11.8 Å². The average molecular weight is 433 g/mol. The van der Waals surface area contributed by atoms with Crippen molar-refractivity contribution in [1.29, 1.82) is 0 Å². The quantitative estimate of drug-likeness (QED) is 0.386. The molecule has 2 unspecified atom stereocenters. The first-order valence-electron chi connectivity index (χ1n) is 12.3. The number of carbonyl (C=O) groups excluding carboxylic acids is 1. The zero-order chi connectivity index (χ0) is 23.2. The van der Waals surface area contributed by atoms with Crippen LogP contribution in [-0.2, 0) is 4.79 Å². The molecule has 0 spiro atoms. The summed E-state index contributed by atoms with van der Waals surface area (Å²) >= 11 is 0. The topological polar surface area (TPSA) is 43.8 Å². The van der Waals surface area contributed by atoms with Crippen molar-refractivity contribution in [1.82, 2.24) is 9.80 Å². The molecule has 1 amide bonds. The first-order valence-corrected chi connectivity index (χ1v) is 12.3. The van der Waals surface area contributed by atoms with Gasteiger partial charge < -0.3 is 14.9 Å². The van der Waals surface area contributed by atoms with Crippen LogP contribution in [0.15, 0.2) is 34.9 Å². The summed E-state index contributed by atoms with van der Waals surface area (Å²) in [6, 6.07) is 0. The Labute approximate surface area is 192 Å². The van der Waals surface area contributed by atoms with E-state index in [1.807, 2.05) is 4.90 Å². The van der Waals surface area contributed by atoms with Crippen LogP contribution in [0.2, 0.25) is 0 Å². The van der Waals surface area contributed by atoms with E-state index in [9.17, 15) is 9.90 Å². The van der Waals surface area contributed by atoms with Gasteiger partial charge in [-0.25, -0.2) is 0 Å². The Morgan fingerprint density at radius 2 is 1.58 bits per heavy atom. The smallest absolute Gasteiger partial charge is 0.222 e. The highest BCUT2D eigenvalue weighted by atomic mass is 16.3. The summed E-state index contributed by atoms with van der Waals surface area (Å²) in [5.74, 6) is 1.13. The van der Waals surface area contributed by atoms with E-state index >= 15 is 0 Å². The molecule has 1 aliphatic heterocycles. The lowest BCUT2D eigenvalue weighted by molar-refractivity contribution is -0.132. The van der Waals surface area contributed by atoms with Gasteiger partial charge in [-0.2, -0.15) is 0 Å². The number of amides is 1. The Kier molecular flexibility index (Phi) is 13.7. The maximum atomic E-state index is 12.5. The molecule has 1 N–H and O–H groups in total. The van der Waals surface area contributed by atoms with Gasteiger partial charge >= 0.3 is 0 Å². The lowest BCUT2D eigenvalue weighted by atomic mass is 9.87. The molecule has 0 aromatic rings. The highest BCUT2D eigenvalue weighted by Crippen LogP contribution is 2.25. The van der Waals surface area contributed by atoms with Crippen LogP contribution in [0.5, 0.6) is 0 Å². The van der Waals surface area contributed by atoms with Gasteiger partial charge in [0.05, 0.1) is 0 Å². The third-order valence-electron chi connectivity index (χ3n) is 6.49. The minimum Gasteiger partial charge on any atom is -0.396 e. The Morgan fingerprint density at radius 3 is 2.19 bits per heavy atom. The summed E-state index contributed by atoms with van der Waals surface area (Å²) in [5, 5.41) is 9.41. The number of nitrogens with zero attached hydrogens (tertiary/aromatic N) is 2. The van der Waals surface area contributed by atoms with Gasteiger partial charge in [0, 0.05) is 39.2 Å². The van der Waals surface area contributed by atoms with Crippen LogP contribution in [0.25, 0.3) is 0 Å². The first kappa shape index (κ1) is 27.6. The minimum atomic E-state index is 0.257. The number of aliphatic hydroxyl groups excluding tert-OH is 1. The monoisotopic (exact) mass is 432 g/mol. The van der Waals surface area contributed by atoms with Crippen LogP contribution >= 0.6 is 0 Å². The highest BCUT2D eigenvalue weighted by molar-refractivity contribution is 5.76. The van der Waals surface area contributed by atoms with Crippen molar-refractivity contribution in [3.05, 3.63) is 34.9 Å². The SMILES string of the molecule is CC(C)=CCC/C(C)=C\CC(CCC(C)CO)/C(C)=C\CCC(=O)N1CCN(C)CC1. The van der Waals surface area contributed by atoms with Crippen molar-refractivity contribution in [2.75, 3.05) is 39.8 Å². The summed E-state index contributed by atoms with van der Waals surface area (Å²) in [6.07, 6.45) is 13.8. The molecule has 0 radical (unpaired) electrons. The number of likely N-dealkylation sites (N-methyl/N-ethyl adjacent to an activating group) is 1. The first-order chi connectivity index (χ1) is 14.7. The molecule has 0 saturated carbocycles. The molecule has 1 saturated heterocycles. The third kappa shape index (κ3) is 12.3. The van der Waals surface area contributed by atoms with E-state index in [4.69, 9.17) is 0 Å². The van der Waals surface area contributed by atoms with E-state index in [0.717, 1.165) is 64.7 Å². The van der Waals surface area contributed by atoms with Crippen LogP contribution in [-0.4, -0.2) is 60.6 Å². The van der Waals surface area contributed by atoms with E-state index < -0.39 is 0 Å². The fraction of sp³-hybridized carbons (Fsp3) is 0.741. The highest BCUT2D eigenvalue weighted by Gasteiger charge is 2.18. The van der Waals surface area contributed by atoms with Crippen molar-refractivity contribution >= 4 is 5.91 Å². The Bertz CT molecular complexity index is 609. The largest absolute Gasteiger partial charge is 0.396 e. The standard InChI is InChI=1S/C27H48N2O2/c1-22(2)9-7-10-23(3)13-15-26(16-14-24(4)21-30)25(5)11-8-12-27(31)29-19-17-28(6)18-20-29/h9,11,13,24,26,30H,7-8,10,12,14-21H2,1-6H3/b23-13-,25-11-. The Morgan fingerprint density at radius 1 is 0.935 bits per heavy atom. The number of rotatable bonds is 13. The van der Waals surface area contributed by atoms with E-state index in [-0.39, 0.29) is 12.5 Å². The summed E-state index contributed by atoms with van der Waals surface area (Å²) in [7, 11) is 2.11. The molecule has 4 nitrogen and oxygen atoms in total. The third-order valence-corrected chi connectivity index (χ3v) is 6.49. The predicted octanol–water partition coefficient (Wildman–Crippen LogP) is 5.59. The summed E-state index contributed by atoms with van der Waals surface area (Å²) in [6.45, 7) is 14.8. The van der Waals surface area contributed by atoms with Crippen molar-refractivity contribution in [3.8, 4) is 0 Å². The number of hydrogen-bond donors (Lipinski definition) is 1. The van der Waals surface area contributed by atoms with Crippen LogP contribution < -0.4 is 0 Å². The van der Waals surface area contributed by atoms with Gasteiger partial charge in [0.25, 0.3) is 0 Å². The molecule has 31 heavy (non-hydrogen) atoms. The van der Waals surface area contributed by atoms with Crippen LogP contribution in [0.1, 0.15) is 79.6 Å². The zero-order valence-electron chi connectivity index (χ0n) is 21.1. The van der Waals surface area contributed by atoms with Crippen molar-refractivity contribution in [2.45, 2.75) is 79.6 Å². The molecule has 1 aliphatic rings. The average Bonchev–Trinajstić information content (AvgIpc) is 2.73. The van der Waals surface area contributed by atoms with E-state index in [1.165, 1.54) is 16.7 Å². The lowest BCUT2D eigenvalue weighted by Crippen LogP contribution is -2.47. The molecule has 0 aliphatic carbocycles. The Balaban J connectivity index is 2.61. The lowest BCUT2D eigenvalue weighted by Gasteiger charge is -2.32. The fourth-order valence-corrected chi connectivity index (χ4v) is 3.95. The van der Waals surface area contributed by atoms with Gasteiger partial charge in [0.1, 0.15) is 0 Å². The molecule has 1 heterocycles. The van der Waals surface area contributed by atoms with E-state index in [0.29, 0.717) is 18.3 Å². The molecule has 0 aromatic carbocycles. The predicted molar refractivity (Wildman–Crippen MR) is 133 cm³/mol. The summed E-state index contributed by atoms with van der Waals surface area (Å²) < 4.78 is 0. The van der Waals surface area contributed by atoms with Gasteiger partial charge in [0.15, 0.2) is 0 Å². The Hall–Kier alpha value is -1.39. The molecule has 4 heteroatoms. The fourth-order valence-electron chi connectivity index (χ4n) is 3.95. The number of allylic oxidation sites excluding steroid dienone is 6. The van der Waals surface area contributed by atoms with Gasteiger partial charge in [-0.05, 0) is 85.1 Å². The number of piperazine rings is 1. The van der Waals surface area contributed by atoms with Gasteiger partial charge in [-0.1, -0.05) is 41.9 Å². The maximum Gasteiger partial charge on any atom is 0.222 e. The minimum absolute atomic E-state index is 0.257. The summed E-state index contributed by atoms with van der Waals surface area (Å²) in [4.78, 5) is 16.8. The molecule has 1 fully saturated rings. The number of carbonyl (C=O) groups is 1. The molecule has 178 valence electrons. The van der Waals surface area contributed by atoms with Gasteiger partial charge in [-0.3, -0.25) is 4.79 Å². The van der Waals surface area contributed by atoms with Crippen LogP contribution in [0.4, 0.5) is 0 Å². The normalized spacial score (nSPS) is 18.1. The van der Waals surface area contributed by atoms with Crippen LogP contribution in [0.3, 0.4) is 0 Å². The van der Waals surface area contributed by atoms with E-state index in [1.54, 1.807) is 0 Å². The molecule has 2 atom stereocenters. The zero-order valence-corrected chi connectivity index (χ0v) is 21.1. The molecular weight excluding hydrogens is 384 g/mol. The summed E-state index contributed by atoms with van der Waals surface area (Å²) in [5.41, 5.74) is 4.23.